The number of thioether (sulfide) groups is 1. The van der Waals surface area contributed by atoms with E-state index >= 15 is 0 Å². The molecule has 0 aliphatic rings. The third-order valence-corrected chi connectivity index (χ3v) is 5.11. The third kappa shape index (κ3) is 5.59. The van der Waals surface area contributed by atoms with Gasteiger partial charge in [0, 0.05) is 5.69 Å². The van der Waals surface area contributed by atoms with Crippen LogP contribution >= 0.6 is 11.8 Å². The van der Waals surface area contributed by atoms with Crippen molar-refractivity contribution < 1.29 is 9.59 Å². The maximum atomic E-state index is 12.1. The average molecular weight is 378 g/mol. The molecule has 0 aliphatic carbocycles. The van der Waals surface area contributed by atoms with E-state index in [4.69, 9.17) is 0 Å². The smallest absolute Gasteiger partial charge is 0.234 e. The van der Waals surface area contributed by atoms with Crippen LogP contribution in [0.3, 0.4) is 0 Å². The molecule has 4 nitrogen and oxygen atoms in total. The van der Waals surface area contributed by atoms with Gasteiger partial charge < -0.3 is 10.6 Å². The topological polar surface area (TPSA) is 58.2 Å². The Hall–Kier alpha value is -2.79. The minimum absolute atomic E-state index is 0.0503. The number of hydrogen-bond acceptors (Lipinski definition) is 3. The first-order valence-corrected chi connectivity index (χ1v) is 9.98. The van der Waals surface area contributed by atoms with E-state index in [1.807, 2.05) is 79.7 Å². The van der Waals surface area contributed by atoms with Gasteiger partial charge in [0.1, 0.15) is 0 Å². The van der Waals surface area contributed by atoms with E-state index in [9.17, 15) is 9.59 Å². The highest BCUT2D eigenvalue weighted by atomic mass is 32.2. The third-order valence-electron chi connectivity index (χ3n) is 4.18. The zero-order valence-electron chi connectivity index (χ0n) is 15.1. The molecule has 27 heavy (non-hydrogen) atoms. The Kier molecular flexibility index (Phi) is 6.49. The first kappa shape index (κ1) is 19.0. The second kappa shape index (κ2) is 9.24. The number of rotatable bonds is 7. The van der Waals surface area contributed by atoms with Crippen molar-refractivity contribution in [2.45, 2.75) is 13.0 Å². The van der Waals surface area contributed by atoms with Crippen molar-refractivity contribution in [3.8, 4) is 0 Å². The maximum absolute atomic E-state index is 12.1. The van der Waals surface area contributed by atoms with Crippen LogP contribution in [0, 0.1) is 0 Å². The molecule has 3 aromatic carbocycles. The fraction of sp³-hybridized carbons (Fsp3) is 0.182. The highest BCUT2D eigenvalue weighted by Crippen LogP contribution is 2.19. The number of nitrogens with one attached hydrogen (secondary N) is 2. The Morgan fingerprint density at radius 1 is 0.852 bits per heavy atom. The van der Waals surface area contributed by atoms with E-state index in [0.717, 1.165) is 22.0 Å². The van der Waals surface area contributed by atoms with Gasteiger partial charge in [0.15, 0.2) is 0 Å². The monoisotopic (exact) mass is 378 g/mol. The Morgan fingerprint density at radius 2 is 1.52 bits per heavy atom. The van der Waals surface area contributed by atoms with Gasteiger partial charge in [-0.3, -0.25) is 9.59 Å². The molecule has 0 aliphatic heterocycles. The molecule has 0 unspecified atom stereocenters. The normalized spacial score (nSPS) is 11.7. The van der Waals surface area contributed by atoms with Crippen LogP contribution in [0.5, 0.6) is 0 Å². The van der Waals surface area contributed by atoms with E-state index in [0.29, 0.717) is 0 Å². The van der Waals surface area contributed by atoms with Gasteiger partial charge in [0.2, 0.25) is 11.8 Å². The first-order chi connectivity index (χ1) is 13.1. The molecule has 0 saturated heterocycles. The van der Waals surface area contributed by atoms with Crippen molar-refractivity contribution in [3.63, 3.8) is 0 Å². The molecule has 0 fully saturated rings. The second-order valence-corrected chi connectivity index (χ2v) is 7.29. The van der Waals surface area contributed by atoms with Gasteiger partial charge in [-0.2, -0.15) is 0 Å². The largest absolute Gasteiger partial charge is 0.349 e. The van der Waals surface area contributed by atoms with Gasteiger partial charge in [0.05, 0.1) is 17.5 Å². The zero-order chi connectivity index (χ0) is 19.1. The molecule has 138 valence electrons. The molecule has 0 bridgehead atoms. The molecule has 3 aromatic rings. The molecule has 0 radical (unpaired) electrons. The molecule has 3 rings (SSSR count). The highest BCUT2D eigenvalue weighted by molar-refractivity contribution is 8.00. The molecular formula is C22H22N2O2S. The van der Waals surface area contributed by atoms with Crippen LogP contribution in [0.4, 0.5) is 5.69 Å². The minimum Gasteiger partial charge on any atom is -0.349 e. The van der Waals surface area contributed by atoms with Gasteiger partial charge in [-0.1, -0.05) is 60.7 Å². The van der Waals surface area contributed by atoms with E-state index in [1.54, 1.807) is 0 Å². The number of carbonyl (C=O) groups is 2. The summed E-state index contributed by atoms with van der Waals surface area (Å²) in [6.45, 7) is 1.95. The lowest BCUT2D eigenvalue weighted by Gasteiger charge is -2.14. The van der Waals surface area contributed by atoms with Crippen molar-refractivity contribution in [1.29, 1.82) is 0 Å². The summed E-state index contributed by atoms with van der Waals surface area (Å²) in [5.74, 6) is 0.302. The van der Waals surface area contributed by atoms with Crippen LogP contribution in [0.15, 0.2) is 72.8 Å². The van der Waals surface area contributed by atoms with Crippen molar-refractivity contribution in [3.05, 3.63) is 78.4 Å². The van der Waals surface area contributed by atoms with Crippen LogP contribution in [-0.2, 0) is 9.59 Å². The summed E-state index contributed by atoms with van der Waals surface area (Å²) in [6.07, 6.45) is 0. The number of fused-ring (bicyclic) bond motifs is 1. The van der Waals surface area contributed by atoms with Gasteiger partial charge in [-0.05, 0) is 35.4 Å². The van der Waals surface area contributed by atoms with E-state index in [1.165, 1.54) is 11.8 Å². The van der Waals surface area contributed by atoms with Gasteiger partial charge >= 0.3 is 0 Å². The average Bonchev–Trinajstić information content (AvgIpc) is 2.68. The SMILES string of the molecule is C[C@@H](NC(=O)CSCC(=O)Nc1ccc2ccccc2c1)c1ccccc1. The highest BCUT2D eigenvalue weighted by Gasteiger charge is 2.10. The molecular weight excluding hydrogens is 356 g/mol. The first-order valence-electron chi connectivity index (χ1n) is 8.82. The summed E-state index contributed by atoms with van der Waals surface area (Å²) >= 11 is 1.31. The molecule has 0 aromatic heterocycles. The van der Waals surface area contributed by atoms with E-state index in [-0.39, 0.29) is 29.4 Å². The summed E-state index contributed by atoms with van der Waals surface area (Å²) in [4.78, 5) is 24.2. The summed E-state index contributed by atoms with van der Waals surface area (Å²) in [5, 5.41) is 8.05. The number of benzene rings is 3. The van der Waals surface area contributed by atoms with Crippen LogP contribution in [0.25, 0.3) is 10.8 Å². The van der Waals surface area contributed by atoms with Gasteiger partial charge in [0.25, 0.3) is 0 Å². The van der Waals surface area contributed by atoms with Crippen molar-refractivity contribution in [2.75, 3.05) is 16.8 Å². The van der Waals surface area contributed by atoms with Gasteiger partial charge in [-0.25, -0.2) is 0 Å². The lowest BCUT2D eigenvalue weighted by molar-refractivity contribution is -0.119. The van der Waals surface area contributed by atoms with Crippen molar-refractivity contribution in [2.24, 2.45) is 0 Å². The fourth-order valence-corrected chi connectivity index (χ4v) is 3.44. The Labute approximate surface area is 163 Å². The molecule has 5 heteroatoms. The standard InChI is InChI=1S/C22H22N2O2S/c1-16(17-7-3-2-4-8-17)23-21(25)14-27-15-22(26)24-20-12-11-18-9-5-6-10-19(18)13-20/h2-13,16H,14-15H2,1H3,(H,23,25)(H,24,26)/t16-/m1/s1. The van der Waals surface area contributed by atoms with E-state index in [2.05, 4.69) is 10.6 Å². The fourth-order valence-electron chi connectivity index (χ4n) is 2.81. The van der Waals surface area contributed by atoms with Crippen molar-refractivity contribution >= 4 is 40.0 Å². The van der Waals surface area contributed by atoms with Gasteiger partial charge in [-0.15, -0.1) is 11.8 Å². The Bertz CT molecular complexity index is 928. The zero-order valence-corrected chi connectivity index (χ0v) is 16.0. The van der Waals surface area contributed by atoms with Crippen molar-refractivity contribution in [1.82, 2.24) is 5.32 Å². The van der Waals surface area contributed by atoms with E-state index < -0.39 is 0 Å². The lowest BCUT2D eigenvalue weighted by Crippen LogP contribution is -2.28. The van der Waals surface area contributed by atoms with Crippen LogP contribution in [0.1, 0.15) is 18.5 Å². The number of anilines is 1. The predicted octanol–water partition coefficient (Wildman–Crippen LogP) is 4.39. The van der Waals surface area contributed by atoms with Crippen LogP contribution in [0.2, 0.25) is 0 Å². The predicted molar refractivity (Wildman–Crippen MR) is 113 cm³/mol. The summed E-state index contributed by atoms with van der Waals surface area (Å²) in [5.41, 5.74) is 1.83. The molecule has 0 heterocycles. The van der Waals surface area contributed by atoms with Crippen LogP contribution < -0.4 is 10.6 Å². The molecule has 0 spiro atoms. The molecule has 2 amide bonds. The quantitative estimate of drug-likeness (QED) is 0.641. The number of hydrogen-bond donors (Lipinski definition) is 2. The number of carbonyl (C=O) groups excluding carboxylic acids is 2. The minimum atomic E-state index is -0.112. The summed E-state index contributed by atoms with van der Waals surface area (Å²) in [6, 6.07) is 23.6. The summed E-state index contributed by atoms with van der Waals surface area (Å²) < 4.78 is 0. The Morgan fingerprint density at radius 3 is 2.30 bits per heavy atom. The Balaban J connectivity index is 1.42. The lowest BCUT2D eigenvalue weighted by atomic mass is 10.1. The summed E-state index contributed by atoms with van der Waals surface area (Å²) in [7, 11) is 0. The maximum Gasteiger partial charge on any atom is 0.234 e. The molecule has 0 saturated carbocycles. The second-order valence-electron chi connectivity index (χ2n) is 6.30. The molecule has 1 atom stereocenters. The van der Waals surface area contributed by atoms with Crippen LogP contribution in [-0.4, -0.2) is 23.3 Å². The molecule has 2 N–H and O–H groups in total. The number of amides is 2.